The van der Waals surface area contributed by atoms with E-state index in [0.29, 0.717) is 6.07 Å². The fraction of sp³-hybridized carbons (Fsp3) is 0.300. The molecule has 0 aliphatic heterocycles. The van der Waals surface area contributed by atoms with Crippen LogP contribution in [0.5, 0.6) is 0 Å². The van der Waals surface area contributed by atoms with Crippen LogP contribution in [0.2, 0.25) is 0 Å². The van der Waals surface area contributed by atoms with Crippen LogP contribution in [0.25, 0.3) is 0 Å². The number of nitrogens with one attached hydrogen (secondary N) is 3. The zero-order valence-electron chi connectivity index (χ0n) is 17.6. The number of rotatable bonds is 11. The number of nitrogens with zero attached hydrogens (tertiary/aromatic N) is 1. The summed E-state index contributed by atoms with van der Waals surface area (Å²) in [7, 11) is -3.60. The van der Waals surface area contributed by atoms with E-state index in [1.807, 2.05) is 0 Å². The Bertz CT molecular complexity index is 1160. The highest BCUT2D eigenvalue weighted by molar-refractivity contribution is 7.90. The molecule has 33 heavy (non-hydrogen) atoms. The highest BCUT2D eigenvalue weighted by atomic mass is 32.2. The number of nitro benzene ring substituents is 1. The van der Waals surface area contributed by atoms with E-state index in [1.54, 1.807) is 0 Å². The maximum atomic E-state index is 13.5. The van der Waals surface area contributed by atoms with E-state index < -0.39 is 38.0 Å². The van der Waals surface area contributed by atoms with Gasteiger partial charge in [-0.15, -0.1) is 0 Å². The molecule has 0 saturated heterocycles. The molecule has 0 unspecified atom stereocenters. The summed E-state index contributed by atoms with van der Waals surface area (Å²) in [6, 6.07) is 6.08. The number of sulfone groups is 1. The van der Waals surface area contributed by atoms with E-state index in [9.17, 15) is 36.9 Å². The Morgan fingerprint density at radius 3 is 2.39 bits per heavy atom. The van der Waals surface area contributed by atoms with Crippen molar-refractivity contribution < 1.29 is 31.7 Å². The Hall–Kier alpha value is -3.61. The molecule has 13 heteroatoms. The summed E-state index contributed by atoms with van der Waals surface area (Å²) in [6.45, 7) is 0.378. The fourth-order valence-electron chi connectivity index (χ4n) is 2.75. The first-order valence-corrected chi connectivity index (χ1v) is 11.6. The van der Waals surface area contributed by atoms with Crippen molar-refractivity contribution in [3.8, 4) is 0 Å². The van der Waals surface area contributed by atoms with E-state index in [1.165, 1.54) is 12.1 Å². The third kappa shape index (κ3) is 7.79. The van der Waals surface area contributed by atoms with Crippen LogP contribution in [-0.4, -0.2) is 51.0 Å². The summed E-state index contributed by atoms with van der Waals surface area (Å²) in [5.74, 6) is -2.83. The average Bonchev–Trinajstić information content (AvgIpc) is 2.73. The van der Waals surface area contributed by atoms with E-state index in [4.69, 9.17) is 0 Å². The number of nitro groups is 1. The van der Waals surface area contributed by atoms with Gasteiger partial charge in [0.2, 0.25) is 5.91 Å². The van der Waals surface area contributed by atoms with Crippen molar-refractivity contribution >= 4 is 33.0 Å². The van der Waals surface area contributed by atoms with Gasteiger partial charge in [-0.2, -0.15) is 0 Å². The van der Waals surface area contributed by atoms with Crippen molar-refractivity contribution in [1.82, 2.24) is 10.6 Å². The zero-order chi connectivity index (χ0) is 24.6. The van der Waals surface area contributed by atoms with Crippen molar-refractivity contribution in [3.63, 3.8) is 0 Å². The topological polar surface area (TPSA) is 148 Å². The number of carbonyl (C=O) groups excluding carboxylic acids is 2. The average molecular weight is 484 g/mol. The Kier molecular flexibility index (Phi) is 8.79. The maximum Gasteiger partial charge on any atom is 0.293 e. The molecule has 10 nitrogen and oxygen atoms in total. The van der Waals surface area contributed by atoms with Crippen molar-refractivity contribution in [1.29, 1.82) is 0 Å². The number of benzene rings is 2. The van der Waals surface area contributed by atoms with Gasteiger partial charge in [0, 0.05) is 44.4 Å². The molecule has 0 spiro atoms. The second kappa shape index (κ2) is 11.3. The minimum Gasteiger partial charge on any atom is -0.378 e. The maximum absolute atomic E-state index is 13.5. The summed E-state index contributed by atoms with van der Waals surface area (Å²) in [5, 5.41) is 19.0. The molecule has 0 fully saturated rings. The molecule has 2 amide bonds. The highest BCUT2D eigenvalue weighted by Crippen LogP contribution is 2.27. The molecule has 178 valence electrons. The molecule has 2 aromatic rings. The van der Waals surface area contributed by atoms with Crippen LogP contribution in [-0.2, 0) is 14.6 Å². The van der Waals surface area contributed by atoms with Gasteiger partial charge in [0.05, 0.1) is 15.4 Å². The fourth-order valence-corrected chi connectivity index (χ4v) is 3.39. The van der Waals surface area contributed by atoms with Gasteiger partial charge in [-0.3, -0.25) is 19.7 Å². The number of anilines is 1. The van der Waals surface area contributed by atoms with Gasteiger partial charge in [-0.05, 0) is 30.7 Å². The van der Waals surface area contributed by atoms with Crippen molar-refractivity contribution in [2.45, 2.75) is 17.7 Å². The number of hydrogen-bond acceptors (Lipinski definition) is 7. The lowest BCUT2D eigenvalue weighted by Crippen LogP contribution is -2.30. The third-order valence-corrected chi connectivity index (χ3v) is 5.51. The lowest BCUT2D eigenvalue weighted by molar-refractivity contribution is -0.384. The smallest absolute Gasteiger partial charge is 0.293 e. The quantitative estimate of drug-likeness (QED) is 0.251. The Morgan fingerprint density at radius 2 is 1.76 bits per heavy atom. The van der Waals surface area contributed by atoms with Crippen molar-refractivity contribution in [2.75, 3.05) is 31.2 Å². The minimum absolute atomic E-state index is 0.0649. The number of carbonyl (C=O) groups is 2. The first-order chi connectivity index (χ1) is 15.5. The van der Waals surface area contributed by atoms with Crippen LogP contribution in [0.4, 0.5) is 20.2 Å². The Labute approximate surface area is 188 Å². The number of hydrogen-bond donors (Lipinski definition) is 3. The SMILES string of the molecule is CS(=O)(=O)c1ccc(NCCNC(=O)CCCNC(=O)c2ccc(F)cc2F)c([N+](=O)[O-])c1. The van der Waals surface area contributed by atoms with Gasteiger partial charge < -0.3 is 16.0 Å². The first-order valence-electron chi connectivity index (χ1n) is 9.71. The van der Waals surface area contributed by atoms with Crippen LogP contribution in [0.3, 0.4) is 0 Å². The van der Waals surface area contributed by atoms with E-state index in [2.05, 4.69) is 16.0 Å². The molecule has 3 N–H and O–H groups in total. The molecule has 2 aromatic carbocycles. The van der Waals surface area contributed by atoms with Gasteiger partial charge in [0.15, 0.2) is 9.84 Å². The van der Waals surface area contributed by atoms with Crippen LogP contribution >= 0.6 is 0 Å². The molecule has 0 radical (unpaired) electrons. The summed E-state index contributed by atoms with van der Waals surface area (Å²) >= 11 is 0. The van der Waals surface area contributed by atoms with E-state index in [0.717, 1.165) is 24.5 Å². The lowest BCUT2D eigenvalue weighted by atomic mass is 10.2. The standard InChI is InChI=1S/C20H22F2N4O6S/c1-33(31,32)14-5-7-17(18(12-14)26(29)30)23-9-10-24-19(27)3-2-8-25-20(28)15-6-4-13(21)11-16(15)22/h4-7,11-12,23H,2-3,8-10H2,1H3,(H,24,27)(H,25,28). The molecule has 2 rings (SSSR count). The molecule has 0 aliphatic carbocycles. The van der Waals surface area contributed by atoms with E-state index in [-0.39, 0.29) is 54.5 Å². The zero-order valence-corrected chi connectivity index (χ0v) is 18.4. The van der Waals surface area contributed by atoms with Crippen molar-refractivity contribution in [2.24, 2.45) is 0 Å². The van der Waals surface area contributed by atoms with Gasteiger partial charge in [0.1, 0.15) is 17.3 Å². The lowest BCUT2D eigenvalue weighted by Gasteiger charge is -2.10. The molecule has 0 aromatic heterocycles. The third-order valence-electron chi connectivity index (χ3n) is 4.40. The predicted octanol–water partition coefficient (Wildman–Crippen LogP) is 2.01. The summed E-state index contributed by atoms with van der Waals surface area (Å²) in [6.07, 6.45) is 1.28. The van der Waals surface area contributed by atoms with E-state index >= 15 is 0 Å². The second-order valence-electron chi connectivity index (χ2n) is 6.97. The molecule has 0 aliphatic rings. The number of amides is 2. The second-order valence-corrected chi connectivity index (χ2v) is 8.98. The van der Waals surface area contributed by atoms with Gasteiger partial charge in [-0.25, -0.2) is 17.2 Å². The Balaban J connectivity index is 1.72. The highest BCUT2D eigenvalue weighted by Gasteiger charge is 2.18. The van der Waals surface area contributed by atoms with Gasteiger partial charge in [-0.1, -0.05) is 0 Å². The largest absolute Gasteiger partial charge is 0.378 e. The summed E-state index contributed by atoms with van der Waals surface area (Å²) < 4.78 is 49.5. The monoisotopic (exact) mass is 484 g/mol. The molecule has 0 bridgehead atoms. The predicted molar refractivity (Wildman–Crippen MR) is 116 cm³/mol. The minimum atomic E-state index is -3.60. The first kappa shape index (κ1) is 25.6. The van der Waals surface area contributed by atoms with Crippen molar-refractivity contribution in [3.05, 3.63) is 63.7 Å². The van der Waals surface area contributed by atoms with Crippen LogP contribution in [0.15, 0.2) is 41.3 Å². The van der Waals surface area contributed by atoms with Crippen LogP contribution in [0.1, 0.15) is 23.2 Å². The Morgan fingerprint density at radius 1 is 1.03 bits per heavy atom. The van der Waals surface area contributed by atoms with Crippen LogP contribution < -0.4 is 16.0 Å². The molecule has 0 heterocycles. The summed E-state index contributed by atoms with van der Waals surface area (Å²) in [4.78, 5) is 34.0. The van der Waals surface area contributed by atoms with Gasteiger partial charge >= 0.3 is 0 Å². The molecule has 0 saturated carbocycles. The summed E-state index contributed by atoms with van der Waals surface area (Å²) in [5.41, 5.74) is -0.597. The number of halogens is 2. The van der Waals surface area contributed by atoms with Gasteiger partial charge in [0.25, 0.3) is 11.6 Å². The molecule has 0 atom stereocenters. The van der Waals surface area contributed by atoms with Crippen LogP contribution in [0, 0.1) is 21.7 Å². The normalized spacial score (nSPS) is 11.0. The molecular weight excluding hydrogens is 462 g/mol. The molecular formula is C20H22F2N4O6S.